The summed E-state index contributed by atoms with van der Waals surface area (Å²) >= 11 is 0. The van der Waals surface area contributed by atoms with Crippen molar-refractivity contribution in [3.8, 4) is 5.75 Å². The molecule has 0 heterocycles. The summed E-state index contributed by atoms with van der Waals surface area (Å²) in [6.07, 6.45) is 8.34. The molecule has 33 heavy (non-hydrogen) atoms. The summed E-state index contributed by atoms with van der Waals surface area (Å²) in [6.45, 7) is 3.38. The summed E-state index contributed by atoms with van der Waals surface area (Å²) in [5.41, 5.74) is 0.533. The molecule has 0 saturated heterocycles. The highest BCUT2D eigenvalue weighted by atomic mass is 19.2. The van der Waals surface area contributed by atoms with E-state index in [0.717, 1.165) is 18.8 Å². The van der Waals surface area contributed by atoms with E-state index in [9.17, 15) is 13.2 Å². The second kappa shape index (κ2) is 11.9. The van der Waals surface area contributed by atoms with Crippen LogP contribution < -0.4 is 4.74 Å². The molecule has 2 aliphatic rings. The van der Waals surface area contributed by atoms with Gasteiger partial charge in [0.2, 0.25) is 5.82 Å². The summed E-state index contributed by atoms with van der Waals surface area (Å²) in [7, 11) is 0. The van der Waals surface area contributed by atoms with Crippen LogP contribution in [0, 0.1) is 36.3 Å². The lowest BCUT2D eigenvalue weighted by Crippen LogP contribution is -2.48. The van der Waals surface area contributed by atoms with E-state index in [0.29, 0.717) is 24.3 Å². The molecule has 3 rings (SSSR count). The van der Waals surface area contributed by atoms with Crippen LogP contribution in [0.25, 0.3) is 0 Å². The molecule has 0 N–H and O–H groups in total. The zero-order valence-corrected chi connectivity index (χ0v) is 20.1. The van der Waals surface area contributed by atoms with Crippen molar-refractivity contribution in [3.63, 3.8) is 0 Å². The first-order chi connectivity index (χ1) is 15.9. The molecule has 2 atom stereocenters. The molecule has 0 spiro atoms. The molecule has 188 valence electrons. The first-order valence-corrected chi connectivity index (χ1v) is 12.4. The van der Waals surface area contributed by atoms with Gasteiger partial charge in [0, 0.05) is 17.9 Å². The molecule has 2 fully saturated rings. The van der Waals surface area contributed by atoms with Gasteiger partial charge in [-0.25, -0.2) is 13.2 Å². The van der Waals surface area contributed by atoms with Gasteiger partial charge in [0.1, 0.15) is 0 Å². The van der Waals surface area contributed by atoms with Gasteiger partial charge in [-0.3, -0.25) is 0 Å². The summed E-state index contributed by atoms with van der Waals surface area (Å²) in [6, 6.07) is 1.45. The van der Waals surface area contributed by atoms with E-state index in [1.165, 1.54) is 31.7 Å². The van der Waals surface area contributed by atoms with E-state index in [4.69, 9.17) is 14.2 Å². The van der Waals surface area contributed by atoms with E-state index in [1.807, 2.05) is 0 Å². The largest absolute Gasteiger partial charge is 0.491 e. The second-order valence-electron chi connectivity index (χ2n) is 9.64. The predicted octanol–water partition coefficient (Wildman–Crippen LogP) is 7.75. The highest BCUT2D eigenvalue weighted by Gasteiger charge is 2.50. The predicted molar refractivity (Wildman–Crippen MR) is 120 cm³/mol. The summed E-state index contributed by atoms with van der Waals surface area (Å²) in [5, 5.41) is 0. The number of hydrogen-bond donors (Lipinski definition) is 0. The van der Waals surface area contributed by atoms with Crippen LogP contribution in [0.15, 0.2) is 6.07 Å². The van der Waals surface area contributed by atoms with E-state index < -0.39 is 37.1 Å². The van der Waals surface area contributed by atoms with Gasteiger partial charge in [-0.2, -0.15) is 4.39 Å². The molecule has 0 aliphatic heterocycles. The quantitative estimate of drug-likeness (QED) is 0.256. The van der Waals surface area contributed by atoms with E-state index >= 15 is 4.39 Å². The molecule has 0 aromatic heterocycles. The lowest BCUT2D eigenvalue weighted by Gasteiger charge is -2.48. The molecule has 0 radical (unpaired) electrons. The van der Waals surface area contributed by atoms with Crippen LogP contribution in [0.1, 0.15) is 88.7 Å². The summed E-state index contributed by atoms with van der Waals surface area (Å²) in [4.78, 5) is 0. The Labute approximate surface area is 195 Å². The third kappa shape index (κ3) is 5.67. The van der Waals surface area contributed by atoms with Gasteiger partial charge in [0.15, 0.2) is 31.1 Å². The SMILES string of the molecule is CCCC1CCC(C2CCC(OCF)(OCF)C(c3c(C)cc(OCC)c(F)c3F)C2)CC1. The average Bonchev–Trinajstić information content (AvgIpc) is 2.80. The lowest BCUT2D eigenvalue weighted by molar-refractivity contribution is -0.295. The Balaban J connectivity index is 1.94. The molecule has 0 amide bonds. The number of aryl methyl sites for hydroxylation is 1. The molecule has 7 heteroatoms. The minimum atomic E-state index is -1.66. The van der Waals surface area contributed by atoms with Crippen LogP contribution in [0.2, 0.25) is 0 Å². The zero-order chi connectivity index (χ0) is 24.0. The van der Waals surface area contributed by atoms with E-state index in [-0.39, 0.29) is 30.3 Å². The van der Waals surface area contributed by atoms with Crippen molar-refractivity contribution in [1.29, 1.82) is 0 Å². The van der Waals surface area contributed by atoms with Crippen molar-refractivity contribution in [2.75, 3.05) is 20.3 Å². The van der Waals surface area contributed by atoms with Crippen molar-refractivity contribution in [2.45, 2.75) is 90.3 Å². The standard InChI is InChI=1S/C26H38F4O3/c1-4-6-18-7-9-19(10-8-18)20-11-12-26(32-15-27,33-16-28)21(14-20)23-17(3)13-22(31-5-2)24(29)25(23)30/h13,18-21H,4-12,14-16H2,1-3H3. The molecular weight excluding hydrogens is 436 g/mol. The smallest absolute Gasteiger partial charge is 0.200 e. The fourth-order valence-corrected chi connectivity index (χ4v) is 6.28. The van der Waals surface area contributed by atoms with Crippen LogP contribution >= 0.6 is 0 Å². The highest BCUT2D eigenvalue weighted by Crippen LogP contribution is 2.52. The maximum absolute atomic E-state index is 15.4. The van der Waals surface area contributed by atoms with Crippen LogP contribution in [0.4, 0.5) is 17.6 Å². The number of hydrogen-bond acceptors (Lipinski definition) is 3. The molecule has 2 aliphatic carbocycles. The Morgan fingerprint density at radius 3 is 2.18 bits per heavy atom. The average molecular weight is 475 g/mol. The Hall–Kier alpha value is -1.34. The minimum Gasteiger partial charge on any atom is -0.491 e. The Morgan fingerprint density at radius 2 is 1.61 bits per heavy atom. The third-order valence-corrected chi connectivity index (χ3v) is 7.85. The summed E-state index contributed by atoms with van der Waals surface area (Å²) < 4.78 is 73.0. The van der Waals surface area contributed by atoms with Gasteiger partial charge in [-0.05, 0) is 68.9 Å². The molecule has 1 aromatic rings. The van der Waals surface area contributed by atoms with Gasteiger partial charge < -0.3 is 14.2 Å². The molecular formula is C26H38F4O3. The van der Waals surface area contributed by atoms with Crippen molar-refractivity contribution in [1.82, 2.24) is 0 Å². The monoisotopic (exact) mass is 474 g/mol. The van der Waals surface area contributed by atoms with E-state index in [2.05, 4.69) is 6.92 Å². The Morgan fingerprint density at radius 1 is 0.939 bits per heavy atom. The van der Waals surface area contributed by atoms with Crippen molar-refractivity contribution < 1.29 is 31.8 Å². The fraction of sp³-hybridized carbons (Fsp3) is 0.769. The van der Waals surface area contributed by atoms with Gasteiger partial charge >= 0.3 is 0 Å². The molecule has 1 aromatic carbocycles. The van der Waals surface area contributed by atoms with Gasteiger partial charge in [-0.1, -0.05) is 32.6 Å². The minimum absolute atomic E-state index is 0.0715. The normalized spacial score (nSPS) is 27.5. The number of ether oxygens (including phenoxy) is 3. The zero-order valence-electron chi connectivity index (χ0n) is 20.1. The number of benzene rings is 1. The van der Waals surface area contributed by atoms with Crippen molar-refractivity contribution in [2.24, 2.45) is 17.8 Å². The third-order valence-electron chi connectivity index (χ3n) is 7.85. The number of alkyl halides is 2. The molecule has 3 nitrogen and oxygen atoms in total. The highest BCUT2D eigenvalue weighted by molar-refractivity contribution is 5.41. The Kier molecular flexibility index (Phi) is 9.45. The van der Waals surface area contributed by atoms with Crippen LogP contribution in [-0.4, -0.2) is 26.1 Å². The lowest BCUT2D eigenvalue weighted by atomic mass is 9.65. The maximum Gasteiger partial charge on any atom is 0.200 e. The van der Waals surface area contributed by atoms with Crippen LogP contribution in [0.5, 0.6) is 5.75 Å². The molecule has 2 unspecified atom stereocenters. The molecule has 2 saturated carbocycles. The number of halogens is 4. The summed E-state index contributed by atoms with van der Waals surface area (Å²) in [5.74, 6) is -3.32. The Bertz CT molecular complexity index is 758. The topological polar surface area (TPSA) is 27.7 Å². The first kappa shape index (κ1) is 26.3. The fourth-order valence-electron chi connectivity index (χ4n) is 6.28. The second-order valence-corrected chi connectivity index (χ2v) is 9.64. The first-order valence-electron chi connectivity index (χ1n) is 12.4. The van der Waals surface area contributed by atoms with Gasteiger partial charge in [0.05, 0.1) is 6.61 Å². The number of rotatable bonds is 10. The maximum atomic E-state index is 15.4. The van der Waals surface area contributed by atoms with Crippen LogP contribution in [0.3, 0.4) is 0 Å². The van der Waals surface area contributed by atoms with Crippen molar-refractivity contribution >= 4 is 0 Å². The van der Waals surface area contributed by atoms with E-state index in [1.54, 1.807) is 13.8 Å². The van der Waals surface area contributed by atoms with Gasteiger partial charge in [-0.15, -0.1) is 0 Å². The molecule has 0 bridgehead atoms. The van der Waals surface area contributed by atoms with Crippen molar-refractivity contribution in [3.05, 3.63) is 28.8 Å². The van der Waals surface area contributed by atoms with Gasteiger partial charge in [0.25, 0.3) is 0 Å². The van der Waals surface area contributed by atoms with Crippen LogP contribution in [-0.2, 0) is 9.47 Å².